The van der Waals surface area contributed by atoms with Crippen molar-refractivity contribution in [3.63, 3.8) is 0 Å². The molecule has 2 N–H and O–H groups in total. The van der Waals surface area contributed by atoms with Crippen molar-refractivity contribution in [2.45, 2.75) is 31.3 Å². The van der Waals surface area contributed by atoms with Gasteiger partial charge in [-0.2, -0.15) is 0 Å². The van der Waals surface area contributed by atoms with Gasteiger partial charge in [0.2, 0.25) is 0 Å². The monoisotopic (exact) mass is 232 g/mol. The fraction of sp³-hybridized carbons (Fsp3) is 0.571. The Kier molecular flexibility index (Phi) is 3.04. The third-order valence-electron chi connectivity index (χ3n) is 3.94. The molecule has 3 nitrogen and oxygen atoms in total. The lowest BCUT2D eigenvalue weighted by molar-refractivity contribution is 0.113. The molecule has 2 heterocycles. The minimum absolute atomic E-state index is 0.404. The number of rotatable bonds is 1. The molecular weight excluding hydrogens is 212 g/mol. The summed E-state index contributed by atoms with van der Waals surface area (Å²) < 4.78 is 5.71. The van der Waals surface area contributed by atoms with Crippen LogP contribution in [0.2, 0.25) is 0 Å². The summed E-state index contributed by atoms with van der Waals surface area (Å²) in [6.07, 6.45) is 3.35. The Bertz CT molecular complexity index is 386. The molecule has 0 amide bonds. The van der Waals surface area contributed by atoms with E-state index in [1.807, 2.05) is 6.07 Å². The zero-order chi connectivity index (χ0) is 11.7. The van der Waals surface area contributed by atoms with Crippen molar-refractivity contribution in [3.05, 3.63) is 29.8 Å². The van der Waals surface area contributed by atoms with Gasteiger partial charge in [0.05, 0.1) is 6.61 Å². The molecule has 1 aromatic rings. The van der Waals surface area contributed by atoms with Gasteiger partial charge in [-0.05, 0) is 18.9 Å². The molecule has 0 saturated carbocycles. The molecule has 0 spiro atoms. The molecular formula is C14H20N2O. The van der Waals surface area contributed by atoms with Gasteiger partial charge in [0, 0.05) is 37.2 Å². The lowest BCUT2D eigenvalue weighted by Crippen LogP contribution is -2.42. The van der Waals surface area contributed by atoms with Gasteiger partial charge < -0.3 is 10.5 Å². The molecule has 0 aliphatic carbocycles. The standard InChI is InChI=1S/C14H20N2O/c15-11-5-8-16(9-6-11)13-7-10-17-14-4-2-1-3-12(13)14/h1-4,11,13H,5-10,15H2. The first-order valence-electron chi connectivity index (χ1n) is 6.56. The second-order valence-electron chi connectivity index (χ2n) is 5.06. The SMILES string of the molecule is NC1CCN(C2CCOc3ccccc32)CC1. The highest BCUT2D eigenvalue weighted by Crippen LogP contribution is 2.36. The lowest BCUT2D eigenvalue weighted by atomic mass is 9.95. The van der Waals surface area contributed by atoms with Crippen molar-refractivity contribution in [1.29, 1.82) is 0 Å². The number of benzene rings is 1. The third-order valence-corrected chi connectivity index (χ3v) is 3.94. The molecule has 92 valence electrons. The van der Waals surface area contributed by atoms with Crippen molar-refractivity contribution >= 4 is 0 Å². The molecule has 2 aliphatic rings. The van der Waals surface area contributed by atoms with E-state index in [0.29, 0.717) is 12.1 Å². The molecule has 0 radical (unpaired) electrons. The number of para-hydroxylation sites is 1. The molecule has 2 aliphatic heterocycles. The van der Waals surface area contributed by atoms with E-state index >= 15 is 0 Å². The number of nitrogens with zero attached hydrogens (tertiary/aromatic N) is 1. The van der Waals surface area contributed by atoms with Gasteiger partial charge in [0.1, 0.15) is 5.75 Å². The van der Waals surface area contributed by atoms with Crippen LogP contribution >= 0.6 is 0 Å². The highest BCUT2D eigenvalue weighted by atomic mass is 16.5. The van der Waals surface area contributed by atoms with Crippen LogP contribution in [0.5, 0.6) is 5.75 Å². The van der Waals surface area contributed by atoms with Gasteiger partial charge in [-0.25, -0.2) is 0 Å². The average molecular weight is 232 g/mol. The second kappa shape index (κ2) is 4.67. The van der Waals surface area contributed by atoms with Gasteiger partial charge in [-0.3, -0.25) is 4.90 Å². The Hall–Kier alpha value is -1.06. The maximum absolute atomic E-state index is 5.97. The molecule has 1 aromatic carbocycles. The number of ether oxygens (including phenoxy) is 1. The molecule has 0 bridgehead atoms. The van der Waals surface area contributed by atoms with Crippen molar-refractivity contribution in [2.75, 3.05) is 19.7 Å². The summed E-state index contributed by atoms with van der Waals surface area (Å²) in [5.74, 6) is 1.07. The van der Waals surface area contributed by atoms with Crippen molar-refractivity contribution in [1.82, 2.24) is 4.90 Å². The zero-order valence-corrected chi connectivity index (χ0v) is 10.1. The molecule has 1 fully saturated rings. The molecule has 1 atom stereocenters. The van der Waals surface area contributed by atoms with E-state index in [-0.39, 0.29) is 0 Å². The first-order chi connectivity index (χ1) is 8.34. The normalized spacial score (nSPS) is 26.3. The Morgan fingerprint density at radius 3 is 2.71 bits per heavy atom. The minimum atomic E-state index is 0.404. The van der Waals surface area contributed by atoms with E-state index < -0.39 is 0 Å². The van der Waals surface area contributed by atoms with E-state index in [0.717, 1.165) is 44.7 Å². The molecule has 3 rings (SSSR count). The predicted octanol–water partition coefficient (Wildman–Crippen LogP) is 1.93. The van der Waals surface area contributed by atoms with Crippen molar-refractivity contribution in [3.8, 4) is 5.75 Å². The smallest absolute Gasteiger partial charge is 0.124 e. The van der Waals surface area contributed by atoms with Crippen LogP contribution in [0.15, 0.2) is 24.3 Å². The topological polar surface area (TPSA) is 38.5 Å². The largest absolute Gasteiger partial charge is 0.493 e. The van der Waals surface area contributed by atoms with Gasteiger partial charge in [-0.1, -0.05) is 18.2 Å². The van der Waals surface area contributed by atoms with Crippen LogP contribution in [-0.2, 0) is 0 Å². The summed E-state index contributed by atoms with van der Waals surface area (Å²) in [5.41, 5.74) is 7.33. The van der Waals surface area contributed by atoms with Crippen LogP contribution in [0.25, 0.3) is 0 Å². The lowest BCUT2D eigenvalue weighted by Gasteiger charge is -2.39. The van der Waals surface area contributed by atoms with Crippen LogP contribution in [0.4, 0.5) is 0 Å². The molecule has 17 heavy (non-hydrogen) atoms. The molecule has 1 saturated heterocycles. The third kappa shape index (κ3) is 2.17. The predicted molar refractivity (Wildman–Crippen MR) is 68.1 cm³/mol. The molecule has 3 heteroatoms. The van der Waals surface area contributed by atoms with Gasteiger partial charge in [0.25, 0.3) is 0 Å². The van der Waals surface area contributed by atoms with Crippen LogP contribution in [-0.4, -0.2) is 30.6 Å². The number of hydrogen-bond acceptors (Lipinski definition) is 3. The summed E-state index contributed by atoms with van der Waals surface area (Å²) >= 11 is 0. The van der Waals surface area contributed by atoms with E-state index in [1.165, 1.54) is 5.56 Å². The fourth-order valence-electron chi connectivity index (χ4n) is 2.93. The van der Waals surface area contributed by atoms with E-state index in [9.17, 15) is 0 Å². The first-order valence-corrected chi connectivity index (χ1v) is 6.56. The summed E-state index contributed by atoms with van der Waals surface area (Å²) in [5, 5.41) is 0. The quantitative estimate of drug-likeness (QED) is 0.804. The summed E-state index contributed by atoms with van der Waals surface area (Å²) in [7, 11) is 0. The summed E-state index contributed by atoms with van der Waals surface area (Å²) in [4.78, 5) is 2.57. The Balaban J connectivity index is 1.80. The van der Waals surface area contributed by atoms with E-state index in [1.54, 1.807) is 0 Å². The number of piperidine rings is 1. The molecule has 0 aromatic heterocycles. The van der Waals surface area contributed by atoms with Crippen LogP contribution in [0, 0.1) is 0 Å². The second-order valence-corrected chi connectivity index (χ2v) is 5.06. The fourth-order valence-corrected chi connectivity index (χ4v) is 2.93. The summed E-state index contributed by atoms with van der Waals surface area (Å²) in [6, 6.07) is 9.38. The summed E-state index contributed by atoms with van der Waals surface area (Å²) in [6.45, 7) is 3.09. The Morgan fingerprint density at radius 2 is 1.88 bits per heavy atom. The van der Waals surface area contributed by atoms with Crippen LogP contribution in [0.3, 0.4) is 0 Å². The molecule has 1 unspecified atom stereocenters. The Morgan fingerprint density at radius 1 is 1.12 bits per heavy atom. The number of nitrogens with two attached hydrogens (primary N) is 1. The Labute approximate surface area is 103 Å². The van der Waals surface area contributed by atoms with Gasteiger partial charge >= 0.3 is 0 Å². The van der Waals surface area contributed by atoms with E-state index in [4.69, 9.17) is 10.5 Å². The maximum atomic E-state index is 5.97. The highest BCUT2D eigenvalue weighted by Gasteiger charge is 2.28. The van der Waals surface area contributed by atoms with Crippen LogP contribution in [0.1, 0.15) is 30.9 Å². The van der Waals surface area contributed by atoms with Crippen molar-refractivity contribution < 1.29 is 4.74 Å². The zero-order valence-electron chi connectivity index (χ0n) is 10.1. The number of likely N-dealkylation sites (tertiary alicyclic amines) is 1. The first kappa shape index (κ1) is 11.1. The van der Waals surface area contributed by atoms with E-state index in [2.05, 4.69) is 23.1 Å². The number of hydrogen-bond donors (Lipinski definition) is 1. The average Bonchev–Trinajstić information content (AvgIpc) is 2.39. The van der Waals surface area contributed by atoms with Crippen molar-refractivity contribution in [2.24, 2.45) is 5.73 Å². The highest BCUT2D eigenvalue weighted by molar-refractivity contribution is 5.37. The van der Waals surface area contributed by atoms with Gasteiger partial charge in [0.15, 0.2) is 0 Å². The van der Waals surface area contributed by atoms with Crippen LogP contribution < -0.4 is 10.5 Å². The number of fused-ring (bicyclic) bond motifs is 1. The minimum Gasteiger partial charge on any atom is -0.493 e. The van der Waals surface area contributed by atoms with Gasteiger partial charge in [-0.15, -0.1) is 0 Å². The maximum Gasteiger partial charge on any atom is 0.124 e.